The van der Waals surface area contributed by atoms with E-state index in [1.54, 1.807) is 6.07 Å². The number of nitrogens with one attached hydrogen (secondary N) is 2. The lowest BCUT2D eigenvalue weighted by molar-refractivity contribution is -0.121. The molecule has 1 aromatic heterocycles. The lowest BCUT2D eigenvalue weighted by Crippen LogP contribution is -2.29. The summed E-state index contributed by atoms with van der Waals surface area (Å²) in [5.74, 6) is 0.488. The Morgan fingerprint density at radius 3 is 3.00 bits per heavy atom. The number of aryl methyl sites for hydroxylation is 2. The van der Waals surface area contributed by atoms with Gasteiger partial charge in [0.2, 0.25) is 5.91 Å². The molecule has 0 fully saturated rings. The van der Waals surface area contributed by atoms with Crippen LogP contribution in [0.15, 0.2) is 46.9 Å². The Morgan fingerprint density at radius 2 is 2.11 bits per heavy atom. The number of benzene rings is 2. The van der Waals surface area contributed by atoms with Crippen LogP contribution < -0.4 is 10.6 Å². The molecular formula is C21H21N3O3. The third-order valence-electron chi connectivity index (χ3n) is 4.75. The Kier molecular flexibility index (Phi) is 4.62. The van der Waals surface area contributed by atoms with Crippen molar-refractivity contribution >= 4 is 22.9 Å². The van der Waals surface area contributed by atoms with Crippen molar-refractivity contribution in [2.24, 2.45) is 0 Å². The highest BCUT2D eigenvalue weighted by molar-refractivity contribution is 5.99. The maximum Gasteiger partial charge on any atom is 0.252 e. The fourth-order valence-electron chi connectivity index (χ4n) is 3.39. The molecule has 0 saturated heterocycles. The van der Waals surface area contributed by atoms with E-state index in [1.807, 2.05) is 43.3 Å². The third kappa shape index (κ3) is 3.69. The maximum atomic E-state index is 12.2. The van der Waals surface area contributed by atoms with Gasteiger partial charge in [-0.15, -0.1) is 0 Å². The van der Waals surface area contributed by atoms with Crippen molar-refractivity contribution < 1.29 is 14.0 Å². The molecule has 138 valence electrons. The standard InChI is InChI=1S/C21H21N3O3/c1-13-8-9-16-18(11-13)27-20(23-16)7-4-10-22-19(25)12-17-14-5-2-3-6-15(14)21(26)24-17/h2-3,5-6,8-9,11,17H,4,7,10,12H2,1H3,(H,22,25)(H,24,26)/t17-/m0/s1. The van der Waals surface area contributed by atoms with Crippen molar-refractivity contribution in [1.29, 1.82) is 0 Å². The molecule has 0 bridgehead atoms. The zero-order valence-electron chi connectivity index (χ0n) is 15.1. The zero-order chi connectivity index (χ0) is 18.8. The first kappa shape index (κ1) is 17.3. The molecular weight excluding hydrogens is 342 g/mol. The molecule has 0 saturated carbocycles. The van der Waals surface area contributed by atoms with Crippen LogP contribution in [-0.4, -0.2) is 23.3 Å². The lowest BCUT2D eigenvalue weighted by Gasteiger charge is -2.11. The van der Waals surface area contributed by atoms with Gasteiger partial charge in [-0.25, -0.2) is 4.98 Å². The van der Waals surface area contributed by atoms with Gasteiger partial charge in [0.1, 0.15) is 5.52 Å². The van der Waals surface area contributed by atoms with Gasteiger partial charge in [-0.1, -0.05) is 24.3 Å². The summed E-state index contributed by atoms with van der Waals surface area (Å²) in [5, 5.41) is 5.77. The van der Waals surface area contributed by atoms with E-state index in [0.717, 1.165) is 28.6 Å². The largest absolute Gasteiger partial charge is 0.441 e. The van der Waals surface area contributed by atoms with Gasteiger partial charge in [0.15, 0.2) is 11.5 Å². The number of aromatic nitrogens is 1. The maximum absolute atomic E-state index is 12.2. The highest BCUT2D eigenvalue weighted by atomic mass is 16.3. The van der Waals surface area contributed by atoms with Crippen molar-refractivity contribution in [3.8, 4) is 0 Å². The highest BCUT2D eigenvalue weighted by Crippen LogP contribution is 2.27. The van der Waals surface area contributed by atoms with Crippen LogP contribution in [0.5, 0.6) is 0 Å². The van der Waals surface area contributed by atoms with E-state index >= 15 is 0 Å². The summed E-state index contributed by atoms with van der Waals surface area (Å²) in [6.45, 7) is 2.56. The first-order valence-electron chi connectivity index (χ1n) is 9.13. The minimum absolute atomic E-state index is 0.0785. The van der Waals surface area contributed by atoms with Gasteiger partial charge in [0.05, 0.1) is 12.5 Å². The summed E-state index contributed by atoms with van der Waals surface area (Å²) in [5.41, 5.74) is 4.33. The quantitative estimate of drug-likeness (QED) is 0.659. The van der Waals surface area contributed by atoms with Crippen LogP contribution in [0, 0.1) is 6.92 Å². The summed E-state index contributed by atoms with van der Waals surface area (Å²) < 4.78 is 5.74. The second-order valence-corrected chi connectivity index (χ2v) is 6.85. The number of carbonyl (C=O) groups is 2. The number of rotatable bonds is 6. The van der Waals surface area contributed by atoms with Crippen LogP contribution in [0.3, 0.4) is 0 Å². The van der Waals surface area contributed by atoms with Crippen molar-refractivity contribution in [1.82, 2.24) is 15.6 Å². The number of hydrogen-bond donors (Lipinski definition) is 2. The molecule has 6 heteroatoms. The zero-order valence-corrected chi connectivity index (χ0v) is 15.1. The van der Waals surface area contributed by atoms with Gasteiger partial charge in [-0.05, 0) is 42.7 Å². The van der Waals surface area contributed by atoms with Crippen LogP contribution in [0.2, 0.25) is 0 Å². The van der Waals surface area contributed by atoms with Crippen molar-refractivity contribution in [2.75, 3.05) is 6.54 Å². The fourth-order valence-corrected chi connectivity index (χ4v) is 3.39. The van der Waals surface area contributed by atoms with E-state index in [1.165, 1.54) is 0 Å². The Bertz CT molecular complexity index is 1010. The van der Waals surface area contributed by atoms with Crippen molar-refractivity contribution in [2.45, 2.75) is 32.2 Å². The Hall–Kier alpha value is -3.15. The number of fused-ring (bicyclic) bond motifs is 2. The SMILES string of the molecule is Cc1ccc2nc(CCCNC(=O)C[C@@H]3NC(=O)c4ccccc43)oc2c1. The second-order valence-electron chi connectivity index (χ2n) is 6.85. The average molecular weight is 363 g/mol. The van der Waals surface area contributed by atoms with E-state index in [9.17, 15) is 9.59 Å². The molecule has 2 heterocycles. The van der Waals surface area contributed by atoms with Gasteiger partial charge in [0.25, 0.3) is 5.91 Å². The smallest absolute Gasteiger partial charge is 0.252 e. The summed E-state index contributed by atoms with van der Waals surface area (Å²) >= 11 is 0. The van der Waals surface area contributed by atoms with Crippen LogP contribution in [-0.2, 0) is 11.2 Å². The molecule has 0 spiro atoms. The lowest BCUT2D eigenvalue weighted by atomic mass is 10.0. The van der Waals surface area contributed by atoms with Gasteiger partial charge >= 0.3 is 0 Å². The predicted octanol–water partition coefficient (Wildman–Crippen LogP) is 3.06. The monoisotopic (exact) mass is 363 g/mol. The molecule has 1 aliphatic rings. The minimum atomic E-state index is -0.256. The van der Waals surface area contributed by atoms with Crippen LogP contribution in [0.25, 0.3) is 11.1 Å². The molecule has 6 nitrogen and oxygen atoms in total. The Morgan fingerprint density at radius 1 is 1.26 bits per heavy atom. The van der Waals surface area contributed by atoms with Crippen LogP contribution in [0.1, 0.15) is 46.3 Å². The average Bonchev–Trinajstić information content (AvgIpc) is 3.19. The van der Waals surface area contributed by atoms with Gasteiger partial charge in [0, 0.05) is 18.5 Å². The first-order valence-corrected chi connectivity index (χ1v) is 9.13. The summed E-state index contributed by atoms with van der Waals surface area (Å²) in [4.78, 5) is 28.6. The van der Waals surface area contributed by atoms with Gasteiger partial charge in [-0.2, -0.15) is 0 Å². The molecule has 2 N–H and O–H groups in total. The number of nitrogens with zero attached hydrogens (tertiary/aromatic N) is 1. The minimum Gasteiger partial charge on any atom is -0.441 e. The van der Waals surface area contributed by atoms with Gasteiger partial charge in [-0.3, -0.25) is 9.59 Å². The number of amides is 2. The molecule has 0 unspecified atom stereocenters. The van der Waals surface area contributed by atoms with E-state index in [2.05, 4.69) is 15.6 Å². The van der Waals surface area contributed by atoms with Crippen molar-refractivity contribution in [3.63, 3.8) is 0 Å². The predicted molar refractivity (Wildman–Crippen MR) is 101 cm³/mol. The van der Waals surface area contributed by atoms with E-state index < -0.39 is 0 Å². The van der Waals surface area contributed by atoms with Crippen molar-refractivity contribution in [3.05, 3.63) is 65.0 Å². The first-order chi connectivity index (χ1) is 13.1. The molecule has 1 atom stereocenters. The Labute approximate surface area is 157 Å². The van der Waals surface area contributed by atoms with E-state index in [0.29, 0.717) is 24.4 Å². The molecule has 1 aliphatic heterocycles. The summed E-state index contributed by atoms with van der Waals surface area (Å²) in [6, 6.07) is 13.1. The molecule has 2 aromatic carbocycles. The number of carbonyl (C=O) groups excluding carboxylic acids is 2. The molecule has 27 heavy (non-hydrogen) atoms. The molecule has 0 radical (unpaired) electrons. The van der Waals surface area contributed by atoms with E-state index in [-0.39, 0.29) is 24.3 Å². The van der Waals surface area contributed by atoms with Crippen LogP contribution in [0.4, 0.5) is 0 Å². The molecule has 2 amide bonds. The topological polar surface area (TPSA) is 84.2 Å². The second kappa shape index (κ2) is 7.23. The molecule has 0 aliphatic carbocycles. The van der Waals surface area contributed by atoms with Gasteiger partial charge < -0.3 is 15.1 Å². The number of hydrogen-bond acceptors (Lipinski definition) is 4. The Balaban J connectivity index is 1.26. The summed E-state index contributed by atoms with van der Waals surface area (Å²) in [6.07, 6.45) is 1.65. The molecule has 4 rings (SSSR count). The van der Waals surface area contributed by atoms with Crippen LogP contribution >= 0.6 is 0 Å². The highest BCUT2D eigenvalue weighted by Gasteiger charge is 2.29. The fraction of sp³-hybridized carbons (Fsp3) is 0.286. The number of oxazole rings is 1. The third-order valence-corrected chi connectivity index (χ3v) is 4.75. The molecule has 3 aromatic rings. The summed E-state index contributed by atoms with van der Waals surface area (Å²) in [7, 11) is 0. The normalized spacial score (nSPS) is 15.6. The van der Waals surface area contributed by atoms with E-state index in [4.69, 9.17) is 4.42 Å².